The molecule has 8 nitrogen and oxygen atoms in total. The van der Waals surface area contributed by atoms with Crippen LogP contribution in [-0.2, 0) is 6.54 Å². The van der Waals surface area contributed by atoms with Gasteiger partial charge in [-0.3, -0.25) is 14.9 Å². The van der Waals surface area contributed by atoms with Crippen molar-refractivity contribution >= 4 is 17.3 Å². The van der Waals surface area contributed by atoms with Gasteiger partial charge >= 0.3 is 0 Å². The van der Waals surface area contributed by atoms with Crippen LogP contribution in [0.5, 0.6) is 0 Å². The first kappa shape index (κ1) is 14.5. The fourth-order valence-corrected chi connectivity index (χ4v) is 1.74. The zero-order valence-electron chi connectivity index (χ0n) is 11.6. The molecule has 1 amide bonds. The van der Waals surface area contributed by atoms with Crippen LogP contribution in [0.2, 0.25) is 0 Å². The van der Waals surface area contributed by atoms with Crippen molar-refractivity contribution in [3.63, 3.8) is 0 Å². The first-order valence-corrected chi connectivity index (χ1v) is 6.12. The molecule has 1 heterocycles. The van der Waals surface area contributed by atoms with Crippen molar-refractivity contribution in [2.24, 2.45) is 0 Å². The number of rotatable bonds is 5. The lowest BCUT2D eigenvalue weighted by Gasteiger charge is -2.11. The number of nitrogens with zero attached hydrogens (tertiary/aromatic N) is 3. The predicted molar refractivity (Wildman–Crippen MR) is 74.9 cm³/mol. The van der Waals surface area contributed by atoms with E-state index in [-0.39, 0.29) is 23.7 Å². The molecule has 0 aliphatic carbocycles. The molecule has 0 aliphatic heterocycles. The maximum absolute atomic E-state index is 11.8. The summed E-state index contributed by atoms with van der Waals surface area (Å²) in [6, 6.07) is 5.96. The minimum Gasteiger partial charge on any atom is -0.372 e. The van der Waals surface area contributed by atoms with Crippen LogP contribution in [0.25, 0.3) is 0 Å². The van der Waals surface area contributed by atoms with E-state index in [1.165, 1.54) is 29.3 Å². The molecule has 21 heavy (non-hydrogen) atoms. The van der Waals surface area contributed by atoms with E-state index in [0.29, 0.717) is 11.4 Å². The number of anilines is 1. The third-order valence-electron chi connectivity index (χ3n) is 2.79. The van der Waals surface area contributed by atoms with Gasteiger partial charge in [-0.05, 0) is 12.1 Å². The first-order valence-electron chi connectivity index (χ1n) is 6.12. The molecule has 0 unspecified atom stereocenters. The van der Waals surface area contributed by atoms with Gasteiger partial charge in [0.1, 0.15) is 5.69 Å². The van der Waals surface area contributed by atoms with Gasteiger partial charge < -0.3 is 14.7 Å². The van der Waals surface area contributed by atoms with Crippen molar-refractivity contribution in [3.8, 4) is 0 Å². The highest BCUT2D eigenvalue weighted by atomic mass is 16.6. The Bertz CT molecular complexity index is 652. The molecule has 0 atom stereocenters. The fourth-order valence-electron chi connectivity index (χ4n) is 1.74. The van der Waals surface area contributed by atoms with Crippen molar-refractivity contribution in [2.45, 2.75) is 6.54 Å². The minimum absolute atomic E-state index is 0.165. The number of aromatic nitrogens is 1. The molecule has 0 fully saturated rings. The molecule has 0 aliphatic rings. The van der Waals surface area contributed by atoms with Gasteiger partial charge in [0, 0.05) is 31.8 Å². The lowest BCUT2D eigenvalue weighted by Crippen LogP contribution is -2.21. The monoisotopic (exact) mass is 290 g/mol. The summed E-state index contributed by atoms with van der Waals surface area (Å²) in [5.41, 5.74) is 0.408. The Labute approximate surface area is 120 Å². The number of nitro benzene ring substituents is 1. The molecule has 110 valence electrons. The number of amides is 1. The van der Waals surface area contributed by atoms with E-state index in [4.69, 9.17) is 4.52 Å². The van der Waals surface area contributed by atoms with E-state index in [2.05, 4.69) is 10.5 Å². The second-order valence-corrected chi connectivity index (χ2v) is 4.52. The molecule has 0 saturated heterocycles. The minimum atomic E-state index is -0.533. The molecule has 0 radical (unpaired) electrons. The summed E-state index contributed by atoms with van der Waals surface area (Å²) in [7, 11) is 3.18. The highest BCUT2D eigenvalue weighted by molar-refractivity contribution is 5.95. The van der Waals surface area contributed by atoms with Crippen molar-refractivity contribution in [2.75, 3.05) is 19.4 Å². The van der Waals surface area contributed by atoms with Crippen molar-refractivity contribution in [3.05, 3.63) is 51.9 Å². The second-order valence-electron chi connectivity index (χ2n) is 4.52. The summed E-state index contributed by atoms with van der Waals surface area (Å²) in [6.45, 7) is 0.266. The van der Waals surface area contributed by atoms with Crippen LogP contribution in [-0.4, -0.2) is 35.0 Å². The second kappa shape index (κ2) is 6.04. The number of hydrogen-bond donors (Lipinski definition) is 1. The van der Waals surface area contributed by atoms with Crippen LogP contribution in [0.1, 0.15) is 16.1 Å². The van der Waals surface area contributed by atoms with E-state index in [1.807, 2.05) is 0 Å². The topological polar surface area (TPSA) is 102 Å². The summed E-state index contributed by atoms with van der Waals surface area (Å²) in [6.07, 6.45) is 1.49. The quantitative estimate of drug-likeness (QED) is 0.666. The van der Waals surface area contributed by atoms with E-state index in [9.17, 15) is 14.9 Å². The Morgan fingerprint density at radius 1 is 1.43 bits per heavy atom. The molecule has 1 N–H and O–H groups in total. The van der Waals surface area contributed by atoms with E-state index >= 15 is 0 Å². The number of nitro groups is 1. The molecular weight excluding hydrogens is 276 g/mol. The van der Waals surface area contributed by atoms with E-state index in [0.717, 1.165) is 0 Å². The van der Waals surface area contributed by atoms with Crippen LogP contribution in [0.4, 0.5) is 11.4 Å². The fraction of sp³-hybridized carbons (Fsp3) is 0.231. The smallest absolute Gasteiger partial charge is 0.293 e. The summed E-state index contributed by atoms with van der Waals surface area (Å²) >= 11 is 0. The Balaban J connectivity index is 2.25. The van der Waals surface area contributed by atoms with Gasteiger partial charge in [0.15, 0.2) is 5.76 Å². The van der Waals surface area contributed by atoms with Gasteiger partial charge in [-0.2, -0.15) is 0 Å². The lowest BCUT2D eigenvalue weighted by molar-refractivity contribution is -0.384. The Hall–Kier alpha value is -2.90. The summed E-state index contributed by atoms with van der Waals surface area (Å²) in [5, 5.41) is 17.6. The summed E-state index contributed by atoms with van der Waals surface area (Å²) < 4.78 is 4.91. The molecule has 2 aromatic rings. The standard InChI is InChI=1S/C13H14N4O4/c1-16(2)13(18)9-3-4-11(12(7-9)17(19)20)14-8-10-5-6-15-21-10/h3-7,14H,8H2,1-2H3. The molecule has 0 saturated carbocycles. The van der Waals surface area contributed by atoms with E-state index < -0.39 is 4.92 Å². The van der Waals surface area contributed by atoms with Gasteiger partial charge in [0.05, 0.1) is 17.7 Å². The molecular formula is C13H14N4O4. The zero-order chi connectivity index (χ0) is 15.4. The number of nitrogens with one attached hydrogen (secondary N) is 1. The molecule has 1 aromatic heterocycles. The van der Waals surface area contributed by atoms with Gasteiger partial charge in [0.25, 0.3) is 11.6 Å². The van der Waals surface area contributed by atoms with Crippen molar-refractivity contribution in [1.29, 1.82) is 0 Å². The number of benzene rings is 1. The third kappa shape index (κ3) is 3.35. The SMILES string of the molecule is CN(C)C(=O)c1ccc(NCc2ccno2)c([N+](=O)[O-])c1. The van der Waals surface area contributed by atoms with E-state index in [1.54, 1.807) is 20.2 Å². The van der Waals surface area contributed by atoms with Gasteiger partial charge in [0.2, 0.25) is 0 Å². The van der Waals surface area contributed by atoms with Crippen LogP contribution >= 0.6 is 0 Å². The van der Waals surface area contributed by atoms with Crippen LogP contribution in [0.3, 0.4) is 0 Å². The molecule has 2 rings (SSSR count). The molecule has 0 spiro atoms. The number of hydrogen-bond acceptors (Lipinski definition) is 6. The normalized spacial score (nSPS) is 10.2. The van der Waals surface area contributed by atoms with Gasteiger partial charge in [-0.25, -0.2) is 0 Å². The Morgan fingerprint density at radius 2 is 2.19 bits per heavy atom. The van der Waals surface area contributed by atoms with Crippen molar-refractivity contribution < 1.29 is 14.2 Å². The number of carbonyl (C=O) groups is 1. The maximum atomic E-state index is 11.8. The summed E-state index contributed by atoms with van der Waals surface area (Å²) in [4.78, 5) is 23.8. The largest absolute Gasteiger partial charge is 0.372 e. The van der Waals surface area contributed by atoms with Gasteiger partial charge in [-0.1, -0.05) is 5.16 Å². The summed E-state index contributed by atoms with van der Waals surface area (Å²) in [5.74, 6) is 0.262. The zero-order valence-corrected chi connectivity index (χ0v) is 11.6. The Kier molecular flexibility index (Phi) is 4.17. The van der Waals surface area contributed by atoms with Gasteiger partial charge in [-0.15, -0.1) is 0 Å². The highest BCUT2D eigenvalue weighted by Crippen LogP contribution is 2.26. The first-order chi connectivity index (χ1) is 9.99. The van der Waals surface area contributed by atoms with Crippen molar-refractivity contribution in [1.82, 2.24) is 10.1 Å². The van der Waals surface area contributed by atoms with Crippen LogP contribution in [0, 0.1) is 10.1 Å². The van der Waals surface area contributed by atoms with Crippen LogP contribution < -0.4 is 5.32 Å². The number of carbonyl (C=O) groups excluding carboxylic acids is 1. The average Bonchev–Trinajstić information content (AvgIpc) is 2.97. The third-order valence-corrected chi connectivity index (χ3v) is 2.79. The lowest BCUT2D eigenvalue weighted by atomic mass is 10.1. The Morgan fingerprint density at radius 3 is 2.76 bits per heavy atom. The molecule has 8 heteroatoms. The highest BCUT2D eigenvalue weighted by Gasteiger charge is 2.18. The molecule has 0 bridgehead atoms. The molecule has 1 aromatic carbocycles. The predicted octanol–water partition coefficient (Wildman–Crippen LogP) is 1.90. The maximum Gasteiger partial charge on any atom is 0.293 e. The average molecular weight is 290 g/mol. The van der Waals surface area contributed by atoms with Crippen LogP contribution in [0.15, 0.2) is 35.0 Å².